The van der Waals surface area contributed by atoms with E-state index in [4.69, 9.17) is 0 Å². The highest BCUT2D eigenvalue weighted by molar-refractivity contribution is 5.97. The molecule has 0 unspecified atom stereocenters. The van der Waals surface area contributed by atoms with Crippen LogP contribution in [0.2, 0.25) is 0 Å². The van der Waals surface area contributed by atoms with Crippen molar-refractivity contribution in [2.75, 3.05) is 10.6 Å². The summed E-state index contributed by atoms with van der Waals surface area (Å²) in [5.74, 6) is -0.0896. The monoisotopic (exact) mass is 351 g/mol. The van der Waals surface area contributed by atoms with Gasteiger partial charge in [-0.1, -0.05) is 31.0 Å². The predicted octanol–water partition coefficient (Wildman–Crippen LogP) is 4.06. The van der Waals surface area contributed by atoms with Crippen LogP contribution >= 0.6 is 0 Å². The number of hydrogen-bond donors (Lipinski definition) is 3. The lowest BCUT2D eigenvalue weighted by molar-refractivity contribution is -0.126. The number of carbonyl (C=O) groups excluding carboxylic acids is 2. The molecule has 136 valence electrons. The molecular formula is C21H25N3O2. The molecular weight excluding hydrogens is 326 g/mol. The molecule has 1 aliphatic rings. The zero-order valence-corrected chi connectivity index (χ0v) is 15.0. The highest BCUT2D eigenvalue weighted by atomic mass is 16.2. The smallest absolute Gasteiger partial charge is 0.247 e. The first-order chi connectivity index (χ1) is 12.6. The summed E-state index contributed by atoms with van der Waals surface area (Å²) >= 11 is 0. The summed E-state index contributed by atoms with van der Waals surface area (Å²) in [6.45, 7) is 1.46. The van der Waals surface area contributed by atoms with Crippen LogP contribution < -0.4 is 16.0 Å². The second-order valence-corrected chi connectivity index (χ2v) is 6.78. The quantitative estimate of drug-likeness (QED) is 0.735. The van der Waals surface area contributed by atoms with Crippen molar-refractivity contribution >= 4 is 28.9 Å². The number of para-hydroxylation sites is 1. The molecule has 2 amide bonds. The molecule has 0 heterocycles. The fraction of sp³-hybridized carbons (Fsp3) is 0.333. The van der Waals surface area contributed by atoms with Gasteiger partial charge in [-0.25, -0.2) is 0 Å². The summed E-state index contributed by atoms with van der Waals surface area (Å²) in [6, 6.07) is 17.0. The molecule has 0 radical (unpaired) electrons. The number of carbonyl (C=O) groups is 2. The van der Waals surface area contributed by atoms with Crippen LogP contribution in [-0.2, 0) is 9.59 Å². The Balaban J connectivity index is 1.63. The lowest BCUT2D eigenvalue weighted by Crippen LogP contribution is -2.47. The molecule has 0 spiro atoms. The number of nitrogens with one attached hydrogen (secondary N) is 3. The van der Waals surface area contributed by atoms with Crippen LogP contribution in [0.3, 0.4) is 0 Å². The maximum atomic E-state index is 12.7. The molecule has 0 aliphatic heterocycles. The fourth-order valence-electron chi connectivity index (χ4n) is 3.45. The van der Waals surface area contributed by atoms with Gasteiger partial charge >= 0.3 is 0 Å². The molecule has 5 nitrogen and oxygen atoms in total. The van der Waals surface area contributed by atoms with Crippen molar-refractivity contribution in [3.05, 3.63) is 54.6 Å². The van der Waals surface area contributed by atoms with Crippen LogP contribution in [0.25, 0.3) is 0 Å². The van der Waals surface area contributed by atoms with E-state index >= 15 is 0 Å². The van der Waals surface area contributed by atoms with Crippen LogP contribution in [0.15, 0.2) is 54.6 Å². The van der Waals surface area contributed by atoms with E-state index in [2.05, 4.69) is 16.0 Å². The molecule has 26 heavy (non-hydrogen) atoms. The Hall–Kier alpha value is -2.82. The summed E-state index contributed by atoms with van der Waals surface area (Å²) in [5.41, 5.74) is 2.68. The topological polar surface area (TPSA) is 70.2 Å². The van der Waals surface area contributed by atoms with E-state index in [0.717, 1.165) is 42.7 Å². The first kappa shape index (κ1) is 18.0. The zero-order valence-electron chi connectivity index (χ0n) is 15.0. The van der Waals surface area contributed by atoms with Crippen molar-refractivity contribution < 1.29 is 9.59 Å². The van der Waals surface area contributed by atoms with Crippen molar-refractivity contribution in [3.8, 4) is 0 Å². The Morgan fingerprint density at radius 3 is 2.08 bits per heavy atom. The van der Waals surface area contributed by atoms with Crippen molar-refractivity contribution in [1.82, 2.24) is 5.32 Å². The third-order valence-electron chi connectivity index (χ3n) is 4.73. The summed E-state index contributed by atoms with van der Waals surface area (Å²) in [4.78, 5) is 24.2. The zero-order chi connectivity index (χ0) is 18.4. The molecule has 3 rings (SSSR count). The summed E-state index contributed by atoms with van der Waals surface area (Å²) < 4.78 is 0. The van der Waals surface area contributed by atoms with Crippen molar-refractivity contribution in [3.63, 3.8) is 0 Å². The van der Waals surface area contributed by atoms with Crippen molar-refractivity contribution in [2.24, 2.45) is 5.92 Å². The molecule has 1 saturated carbocycles. The van der Waals surface area contributed by atoms with Gasteiger partial charge in [0.15, 0.2) is 0 Å². The number of anilines is 3. The molecule has 1 fully saturated rings. The molecule has 1 atom stereocenters. The summed E-state index contributed by atoms with van der Waals surface area (Å²) in [5, 5.41) is 9.06. The molecule has 3 N–H and O–H groups in total. The third kappa shape index (κ3) is 4.85. The van der Waals surface area contributed by atoms with E-state index < -0.39 is 6.04 Å². The highest BCUT2D eigenvalue weighted by Gasteiger charge is 2.31. The maximum absolute atomic E-state index is 12.7. The molecule has 2 aromatic carbocycles. The Kier molecular flexibility index (Phi) is 5.89. The minimum atomic E-state index is -0.461. The van der Waals surface area contributed by atoms with E-state index in [1.807, 2.05) is 54.6 Å². The Bertz CT molecular complexity index is 738. The number of rotatable bonds is 6. The van der Waals surface area contributed by atoms with E-state index in [9.17, 15) is 9.59 Å². The van der Waals surface area contributed by atoms with Crippen LogP contribution in [0.1, 0.15) is 32.6 Å². The lowest BCUT2D eigenvalue weighted by Gasteiger charge is -2.23. The van der Waals surface area contributed by atoms with Gasteiger partial charge in [0.25, 0.3) is 0 Å². The van der Waals surface area contributed by atoms with Gasteiger partial charge in [0.2, 0.25) is 11.8 Å². The van der Waals surface area contributed by atoms with Gasteiger partial charge in [-0.2, -0.15) is 0 Å². The second-order valence-electron chi connectivity index (χ2n) is 6.78. The number of amides is 2. The second kappa shape index (κ2) is 8.52. The van der Waals surface area contributed by atoms with Crippen molar-refractivity contribution in [1.29, 1.82) is 0 Å². The van der Waals surface area contributed by atoms with Gasteiger partial charge in [0.1, 0.15) is 6.04 Å². The maximum Gasteiger partial charge on any atom is 0.247 e. The Morgan fingerprint density at radius 1 is 0.885 bits per heavy atom. The standard InChI is InChI=1S/C21H25N3O2/c1-15(25)22-20(16-7-5-6-8-16)21(26)24-19-13-11-18(12-14-19)23-17-9-3-2-4-10-17/h2-4,9-14,16,20,23H,5-8H2,1H3,(H,22,25)(H,24,26)/t20-/m1/s1. The van der Waals surface area contributed by atoms with E-state index in [0.29, 0.717) is 0 Å². The molecule has 1 aliphatic carbocycles. The molecule has 0 bridgehead atoms. The Morgan fingerprint density at radius 2 is 1.46 bits per heavy atom. The SMILES string of the molecule is CC(=O)N[C@@H](C(=O)Nc1ccc(Nc2ccccc2)cc1)C1CCCC1. The number of benzene rings is 2. The van der Waals surface area contributed by atoms with Gasteiger partial charge in [0.05, 0.1) is 0 Å². The predicted molar refractivity (Wildman–Crippen MR) is 104 cm³/mol. The molecule has 5 heteroatoms. The fourth-order valence-corrected chi connectivity index (χ4v) is 3.45. The van der Waals surface area contributed by atoms with Gasteiger partial charge < -0.3 is 16.0 Å². The minimum Gasteiger partial charge on any atom is -0.356 e. The summed E-state index contributed by atoms with van der Waals surface area (Å²) in [7, 11) is 0. The van der Waals surface area contributed by atoms with Gasteiger partial charge in [0, 0.05) is 24.0 Å². The lowest BCUT2D eigenvalue weighted by atomic mass is 9.97. The average Bonchev–Trinajstić information content (AvgIpc) is 3.16. The van der Waals surface area contributed by atoms with Crippen molar-refractivity contribution in [2.45, 2.75) is 38.6 Å². The largest absolute Gasteiger partial charge is 0.356 e. The number of hydrogen-bond acceptors (Lipinski definition) is 3. The van der Waals surface area contributed by atoms with E-state index in [-0.39, 0.29) is 17.7 Å². The normalized spacial score (nSPS) is 15.3. The third-order valence-corrected chi connectivity index (χ3v) is 4.73. The van der Waals surface area contributed by atoms with E-state index in [1.54, 1.807) is 0 Å². The highest BCUT2D eigenvalue weighted by Crippen LogP contribution is 2.28. The van der Waals surface area contributed by atoms with Crippen LogP contribution in [0, 0.1) is 5.92 Å². The van der Waals surface area contributed by atoms with Gasteiger partial charge in [-0.15, -0.1) is 0 Å². The molecule has 2 aromatic rings. The first-order valence-electron chi connectivity index (χ1n) is 9.12. The van der Waals surface area contributed by atoms with E-state index in [1.165, 1.54) is 6.92 Å². The minimum absolute atomic E-state index is 0.143. The van der Waals surface area contributed by atoms with Crippen LogP contribution in [0.4, 0.5) is 17.1 Å². The van der Waals surface area contributed by atoms with Gasteiger partial charge in [-0.05, 0) is 55.2 Å². The molecule has 0 aromatic heterocycles. The first-order valence-corrected chi connectivity index (χ1v) is 9.12. The van der Waals surface area contributed by atoms with Crippen LogP contribution in [0.5, 0.6) is 0 Å². The van der Waals surface area contributed by atoms with Gasteiger partial charge in [-0.3, -0.25) is 9.59 Å². The average molecular weight is 351 g/mol. The summed E-state index contributed by atoms with van der Waals surface area (Å²) in [6.07, 6.45) is 4.21. The molecule has 0 saturated heterocycles. The van der Waals surface area contributed by atoms with Crippen LogP contribution in [-0.4, -0.2) is 17.9 Å². The Labute approximate surface area is 154 Å².